The molecule has 0 heterocycles. The highest BCUT2D eigenvalue weighted by Gasteiger charge is 2.02. The van der Waals surface area contributed by atoms with Gasteiger partial charge in [-0.05, 0) is 23.8 Å². The number of ketones is 1. The van der Waals surface area contributed by atoms with Gasteiger partial charge in [0.05, 0.1) is 0 Å². The van der Waals surface area contributed by atoms with Crippen molar-refractivity contribution in [2.75, 3.05) is 19.8 Å². The largest absolute Gasteiger partial charge is 0.364 e. The zero-order valence-electron chi connectivity index (χ0n) is 10.9. The third-order valence-electron chi connectivity index (χ3n) is 2.29. The van der Waals surface area contributed by atoms with Crippen molar-refractivity contribution in [3.63, 3.8) is 0 Å². The maximum Gasteiger partial charge on any atom is 0.156 e. The van der Waals surface area contributed by atoms with Crippen LogP contribution in [0.2, 0.25) is 5.02 Å². The average Bonchev–Trinajstić information content (AvgIpc) is 2.37. The summed E-state index contributed by atoms with van der Waals surface area (Å²) in [6, 6.07) is 7.43. The molecular formula is C14H16ClNOS2. The van der Waals surface area contributed by atoms with Gasteiger partial charge in [-0.2, -0.15) is 0 Å². The third-order valence-corrected chi connectivity index (χ3v) is 4.38. The summed E-state index contributed by atoms with van der Waals surface area (Å²) in [5.41, 5.74) is 0.856. The van der Waals surface area contributed by atoms with Gasteiger partial charge in [0.15, 0.2) is 5.78 Å². The molecule has 0 spiro atoms. The first-order valence-electron chi connectivity index (χ1n) is 5.80. The Kier molecular flexibility index (Phi) is 7.13. The summed E-state index contributed by atoms with van der Waals surface area (Å²) in [7, 11) is 3.79. The minimum atomic E-state index is 0.0778. The zero-order valence-corrected chi connectivity index (χ0v) is 13.3. The van der Waals surface area contributed by atoms with E-state index in [0.29, 0.717) is 17.2 Å². The van der Waals surface area contributed by atoms with E-state index in [4.69, 9.17) is 23.8 Å². The number of carbonyl (C=O) groups excluding carboxylic acids is 1. The average molecular weight is 314 g/mol. The van der Waals surface area contributed by atoms with Crippen LogP contribution >= 0.6 is 35.6 Å². The van der Waals surface area contributed by atoms with Crippen LogP contribution in [-0.4, -0.2) is 34.9 Å². The van der Waals surface area contributed by atoms with Crippen LogP contribution in [-0.2, 0) is 4.79 Å². The minimum absolute atomic E-state index is 0.0778. The molecule has 0 fully saturated rings. The Hall–Kier alpha value is -0.840. The van der Waals surface area contributed by atoms with Crippen LogP contribution in [0.3, 0.4) is 0 Å². The van der Waals surface area contributed by atoms with Crippen molar-refractivity contribution in [2.45, 2.75) is 6.42 Å². The summed E-state index contributed by atoms with van der Waals surface area (Å²) in [4.78, 5) is 13.5. The smallest absolute Gasteiger partial charge is 0.156 e. The number of allylic oxidation sites excluding steroid dienone is 1. The quantitative estimate of drug-likeness (QED) is 0.607. The van der Waals surface area contributed by atoms with Gasteiger partial charge in [-0.25, -0.2) is 0 Å². The maximum absolute atomic E-state index is 11.7. The Morgan fingerprint density at radius 1 is 1.42 bits per heavy atom. The van der Waals surface area contributed by atoms with E-state index < -0.39 is 0 Å². The molecule has 1 rings (SSSR count). The number of benzene rings is 1. The minimum Gasteiger partial charge on any atom is -0.364 e. The standard InChI is InChI=1S/C14H16ClNOS2/c1-16(2)14(18)19-10-9-12(17)8-7-11-5-3-4-6-13(11)15/h3-8H,9-10H2,1-2H3. The Morgan fingerprint density at radius 3 is 2.74 bits per heavy atom. The van der Waals surface area contributed by atoms with Crippen molar-refractivity contribution < 1.29 is 4.79 Å². The normalized spacial score (nSPS) is 10.7. The Balaban J connectivity index is 2.40. The number of hydrogen-bond acceptors (Lipinski definition) is 3. The number of rotatable bonds is 5. The lowest BCUT2D eigenvalue weighted by Gasteiger charge is -2.11. The van der Waals surface area contributed by atoms with Gasteiger partial charge in [0.1, 0.15) is 4.32 Å². The SMILES string of the molecule is CN(C)C(=S)SCCC(=O)C=Cc1ccccc1Cl. The lowest BCUT2D eigenvalue weighted by atomic mass is 10.2. The van der Waals surface area contributed by atoms with E-state index in [2.05, 4.69) is 0 Å². The van der Waals surface area contributed by atoms with E-state index in [1.54, 1.807) is 18.2 Å². The van der Waals surface area contributed by atoms with Crippen molar-refractivity contribution in [2.24, 2.45) is 0 Å². The van der Waals surface area contributed by atoms with Crippen molar-refractivity contribution in [3.8, 4) is 0 Å². The van der Waals surface area contributed by atoms with Crippen LogP contribution in [0.1, 0.15) is 12.0 Å². The lowest BCUT2D eigenvalue weighted by molar-refractivity contribution is -0.114. The molecule has 19 heavy (non-hydrogen) atoms. The fourth-order valence-electron chi connectivity index (χ4n) is 1.24. The molecule has 2 nitrogen and oxygen atoms in total. The van der Waals surface area contributed by atoms with E-state index in [1.807, 2.05) is 37.2 Å². The monoisotopic (exact) mass is 313 g/mol. The van der Waals surface area contributed by atoms with Crippen molar-refractivity contribution in [1.29, 1.82) is 0 Å². The molecule has 0 unspecified atom stereocenters. The number of hydrogen-bond donors (Lipinski definition) is 0. The summed E-state index contributed by atoms with van der Waals surface area (Å²) in [6.07, 6.45) is 3.79. The molecule has 1 aromatic rings. The van der Waals surface area contributed by atoms with Gasteiger partial charge in [-0.15, -0.1) is 0 Å². The number of thioether (sulfide) groups is 1. The highest BCUT2D eigenvalue weighted by atomic mass is 35.5. The third kappa shape index (κ3) is 6.23. The predicted molar refractivity (Wildman–Crippen MR) is 88.9 cm³/mol. The second-order valence-corrected chi connectivity index (χ2v) is 6.22. The van der Waals surface area contributed by atoms with Crippen LogP contribution in [0, 0.1) is 0 Å². The van der Waals surface area contributed by atoms with Gasteiger partial charge in [0, 0.05) is 31.3 Å². The number of nitrogens with zero attached hydrogens (tertiary/aromatic N) is 1. The van der Waals surface area contributed by atoms with E-state index in [9.17, 15) is 4.79 Å². The Morgan fingerprint density at radius 2 is 2.11 bits per heavy atom. The fraction of sp³-hybridized carbons (Fsp3) is 0.286. The number of halogens is 1. The molecule has 0 amide bonds. The number of carbonyl (C=O) groups is 1. The van der Waals surface area contributed by atoms with Crippen molar-refractivity contribution >= 4 is 51.8 Å². The summed E-state index contributed by atoms with van der Waals surface area (Å²) in [5, 5.41) is 0.648. The number of thiocarbonyl (C=S) groups is 1. The Bertz CT molecular complexity index is 486. The van der Waals surface area contributed by atoms with Crippen molar-refractivity contribution in [3.05, 3.63) is 40.9 Å². The molecule has 0 bridgehead atoms. The first-order valence-corrected chi connectivity index (χ1v) is 7.57. The molecule has 0 aliphatic carbocycles. The van der Waals surface area contributed by atoms with E-state index in [1.165, 1.54) is 11.8 Å². The summed E-state index contributed by atoms with van der Waals surface area (Å²) in [5.74, 6) is 0.775. The topological polar surface area (TPSA) is 20.3 Å². The molecular weight excluding hydrogens is 298 g/mol. The van der Waals surface area contributed by atoms with Crippen LogP contribution in [0.4, 0.5) is 0 Å². The molecule has 0 N–H and O–H groups in total. The molecule has 0 saturated carbocycles. The first kappa shape index (κ1) is 16.2. The van der Waals surface area contributed by atoms with Crippen LogP contribution < -0.4 is 0 Å². The van der Waals surface area contributed by atoms with Gasteiger partial charge in [-0.3, -0.25) is 4.79 Å². The van der Waals surface area contributed by atoms with Gasteiger partial charge >= 0.3 is 0 Å². The highest BCUT2D eigenvalue weighted by molar-refractivity contribution is 8.22. The summed E-state index contributed by atoms with van der Waals surface area (Å²) in [6.45, 7) is 0. The molecule has 0 atom stereocenters. The molecule has 0 aliphatic heterocycles. The second kappa shape index (κ2) is 8.35. The summed E-state index contributed by atoms with van der Waals surface area (Å²) >= 11 is 12.6. The van der Waals surface area contributed by atoms with Gasteiger partial charge in [-0.1, -0.05) is 53.8 Å². The maximum atomic E-state index is 11.7. The first-order chi connectivity index (χ1) is 9.00. The van der Waals surface area contributed by atoms with Gasteiger partial charge in [0.2, 0.25) is 0 Å². The van der Waals surface area contributed by atoms with E-state index in [0.717, 1.165) is 9.88 Å². The second-order valence-electron chi connectivity index (χ2n) is 4.08. The fourth-order valence-corrected chi connectivity index (χ4v) is 2.43. The molecule has 102 valence electrons. The van der Waals surface area contributed by atoms with Crippen LogP contribution in [0.25, 0.3) is 6.08 Å². The lowest BCUT2D eigenvalue weighted by Crippen LogP contribution is -2.16. The molecule has 0 aromatic heterocycles. The molecule has 0 aliphatic rings. The molecule has 1 aromatic carbocycles. The molecule has 0 saturated heterocycles. The highest BCUT2D eigenvalue weighted by Crippen LogP contribution is 2.16. The molecule has 0 radical (unpaired) electrons. The van der Waals surface area contributed by atoms with Crippen molar-refractivity contribution in [1.82, 2.24) is 4.90 Å². The molecule has 5 heteroatoms. The van der Waals surface area contributed by atoms with Crippen LogP contribution in [0.5, 0.6) is 0 Å². The van der Waals surface area contributed by atoms with Gasteiger partial charge in [0.25, 0.3) is 0 Å². The summed E-state index contributed by atoms with van der Waals surface area (Å²) < 4.78 is 0.794. The Labute approximate surface area is 128 Å². The van der Waals surface area contributed by atoms with Crippen LogP contribution in [0.15, 0.2) is 30.3 Å². The predicted octanol–water partition coefficient (Wildman–Crippen LogP) is 3.89. The van der Waals surface area contributed by atoms with E-state index >= 15 is 0 Å². The zero-order chi connectivity index (χ0) is 14.3. The van der Waals surface area contributed by atoms with E-state index in [-0.39, 0.29) is 5.78 Å². The van der Waals surface area contributed by atoms with Gasteiger partial charge < -0.3 is 4.90 Å².